The van der Waals surface area contributed by atoms with E-state index in [1.807, 2.05) is 42.5 Å². The minimum Gasteiger partial charge on any atom is -0.495 e. The maximum Gasteiger partial charge on any atom is 0.225 e. The van der Waals surface area contributed by atoms with Crippen molar-refractivity contribution in [2.45, 2.75) is 26.3 Å². The van der Waals surface area contributed by atoms with Crippen molar-refractivity contribution in [1.29, 1.82) is 0 Å². The fourth-order valence-electron chi connectivity index (χ4n) is 2.45. The highest BCUT2D eigenvalue weighted by Gasteiger charge is 2.10. The number of methoxy groups -OCH3 is 1. The van der Waals surface area contributed by atoms with Gasteiger partial charge in [-0.3, -0.25) is 4.98 Å². The molecule has 0 saturated heterocycles. The molecule has 3 aromatic rings. The van der Waals surface area contributed by atoms with E-state index in [1.165, 1.54) is 0 Å². The fourth-order valence-corrected chi connectivity index (χ4v) is 2.45. The van der Waals surface area contributed by atoms with Gasteiger partial charge in [-0.15, -0.1) is 0 Å². The Morgan fingerprint density at radius 2 is 1.96 bits per heavy atom. The molecular formula is C20H23N5O. The SMILES string of the molecule is CC[C@@H](C)Nc1nc(Nc2ccccc2OC)cc(-c2cccnc2)n1. The van der Waals surface area contributed by atoms with Gasteiger partial charge in [0.05, 0.1) is 18.5 Å². The van der Waals surface area contributed by atoms with Crippen molar-refractivity contribution in [1.82, 2.24) is 15.0 Å². The maximum atomic E-state index is 5.41. The smallest absolute Gasteiger partial charge is 0.225 e. The van der Waals surface area contributed by atoms with Gasteiger partial charge in [-0.1, -0.05) is 19.1 Å². The van der Waals surface area contributed by atoms with E-state index >= 15 is 0 Å². The molecule has 0 bridgehead atoms. The van der Waals surface area contributed by atoms with E-state index in [4.69, 9.17) is 4.74 Å². The molecule has 0 saturated carbocycles. The van der Waals surface area contributed by atoms with Crippen LogP contribution in [0.3, 0.4) is 0 Å². The van der Waals surface area contributed by atoms with Gasteiger partial charge in [-0.25, -0.2) is 4.98 Å². The van der Waals surface area contributed by atoms with Gasteiger partial charge in [-0.05, 0) is 37.6 Å². The third-order valence-corrected chi connectivity index (χ3v) is 4.04. The lowest BCUT2D eigenvalue weighted by atomic mass is 10.2. The van der Waals surface area contributed by atoms with Gasteiger partial charge in [0.2, 0.25) is 5.95 Å². The molecule has 0 unspecified atom stereocenters. The molecule has 6 heteroatoms. The van der Waals surface area contributed by atoms with Crippen molar-refractivity contribution in [3.8, 4) is 17.0 Å². The van der Waals surface area contributed by atoms with Crippen molar-refractivity contribution in [3.63, 3.8) is 0 Å². The standard InChI is InChI=1S/C20H23N5O/c1-4-14(2)22-20-24-17(15-8-7-11-21-13-15)12-19(25-20)23-16-9-5-6-10-18(16)26-3/h5-14H,4H2,1-3H3,(H2,22,23,24,25)/t14-/m1/s1. The van der Waals surface area contributed by atoms with E-state index in [1.54, 1.807) is 19.5 Å². The number of nitrogens with zero attached hydrogens (tertiary/aromatic N) is 3. The minimum absolute atomic E-state index is 0.276. The van der Waals surface area contributed by atoms with Crippen LogP contribution in [0.4, 0.5) is 17.5 Å². The molecule has 1 atom stereocenters. The molecule has 0 aliphatic heterocycles. The number of anilines is 3. The number of para-hydroxylation sites is 2. The molecule has 0 aliphatic carbocycles. The van der Waals surface area contributed by atoms with E-state index in [0.717, 1.165) is 29.1 Å². The van der Waals surface area contributed by atoms with Crippen LogP contribution < -0.4 is 15.4 Å². The second kappa shape index (κ2) is 8.29. The van der Waals surface area contributed by atoms with E-state index in [2.05, 4.69) is 39.4 Å². The van der Waals surface area contributed by atoms with Crippen LogP contribution in [0.5, 0.6) is 5.75 Å². The first-order chi connectivity index (χ1) is 12.7. The van der Waals surface area contributed by atoms with E-state index in [0.29, 0.717) is 11.8 Å². The van der Waals surface area contributed by atoms with Crippen LogP contribution in [0.2, 0.25) is 0 Å². The third kappa shape index (κ3) is 4.27. The van der Waals surface area contributed by atoms with Crippen molar-refractivity contribution in [2.75, 3.05) is 17.7 Å². The summed E-state index contributed by atoms with van der Waals surface area (Å²) in [5.41, 5.74) is 2.59. The second-order valence-corrected chi connectivity index (χ2v) is 5.98. The molecule has 6 nitrogen and oxygen atoms in total. The Morgan fingerprint density at radius 3 is 2.69 bits per heavy atom. The highest BCUT2D eigenvalue weighted by Crippen LogP contribution is 2.28. The Kier molecular flexibility index (Phi) is 5.63. The van der Waals surface area contributed by atoms with Crippen LogP contribution in [0.25, 0.3) is 11.3 Å². The number of ether oxygens (including phenoxy) is 1. The monoisotopic (exact) mass is 349 g/mol. The second-order valence-electron chi connectivity index (χ2n) is 5.98. The van der Waals surface area contributed by atoms with Crippen molar-refractivity contribution < 1.29 is 4.74 Å². The lowest BCUT2D eigenvalue weighted by molar-refractivity contribution is 0.417. The number of hydrogen-bond donors (Lipinski definition) is 2. The van der Waals surface area contributed by atoms with Crippen LogP contribution in [0, 0.1) is 0 Å². The van der Waals surface area contributed by atoms with E-state index in [9.17, 15) is 0 Å². The first-order valence-electron chi connectivity index (χ1n) is 8.65. The topological polar surface area (TPSA) is 72.0 Å². The van der Waals surface area contributed by atoms with E-state index in [-0.39, 0.29) is 6.04 Å². The van der Waals surface area contributed by atoms with E-state index < -0.39 is 0 Å². The number of aromatic nitrogens is 3. The van der Waals surface area contributed by atoms with Gasteiger partial charge in [0, 0.05) is 30.1 Å². The van der Waals surface area contributed by atoms with Crippen LogP contribution in [-0.4, -0.2) is 28.1 Å². The number of benzene rings is 1. The lowest BCUT2D eigenvalue weighted by Gasteiger charge is -2.15. The summed E-state index contributed by atoms with van der Waals surface area (Å²) in [6, 6.07) is 13.8. The Labute approximate surface area is 153 Å². The minimum atomic E-state index is 0.276. The zero-order valence-electron chi connectivity index (χ0n) is 15.2. The van der Waals surface area contributed by atoms with Gasteiger partial charge in [0.1, 0.15) is 11.6 Å². The Bertz CT molecular complexity index is 854. The largest absolute Gasteiger partial charge is 0.495 e. The summed E-state index contributed by atoms with van der Waals surface area (Å²) in [5, 5.41) is 6.67. The number of hydrogen-bond acceptors (Lipinski definition) is 6. The summed E-state index contributed by atoms with van der Waals surface area (Å²) in [6.07, 6.45) is 4.52. The molecule has 134 valence electrons. The molecule has 2 N–H and O–H groups in total. The van der Waals surface area contributed by atoms with Crippen LogP contribution >= 0.6 is 0 Å². The van der Waals surface area contributed by atoms with Gasteiger partial charge in [0.15, 0.2) is 0 Å². The Balaban J connectivity index is 1.99. The molecule has 2 aromatic heterocycles. The van der Waals surface area contributed by atoms with Gasteiger partial charge < -0.3 is 15.4 Å². The Hall–Kier alpha value is -3.15. The normalized spacial score (nSPS) is 11.7. The zero-order valence-corrected chi connectivity index (χ0v) is 15.2. The number of pyridine rings is 1. The Morgan fingerprint density at radius 1 is 1.12 bits per heavy atom. The first kappa shape index (κ1) is 17.7. The number of nitrogens with one attached hydrogen (secondary N) is 2. The van der Waals surface area contributed by atoms with Crippen LogP contribution in [0.15, 0.2) is 54.9 Å². The molecule has 2 heterocycles. The highest BCUT2D eigenvalue weighted by atomic mass is 16.5. The molecule has 0 fully saturated rings. The predicted octanol–water partition coefficient (Wildman–Crippen LogP) is 4.50. The summed E-state index contributed by atoms with van der Waals surface area (Å²) in [5.74, 6) is 2.03. The molecular weight excluding hydrogens is 326 g/mol. The summed E-state index contributed by atoms with van der Waals surface area (Å²) in [6.45, 7) is 4.23. The molecule has 26 heavy (non-hydrogen) atoms. The predicted molar refractivity (Wildman–Crippen MR) is 105 cm³/mol. The molecule has 0 spiro atoms. The zero-order chi connectivity index (χ0) is 18.4. The number of rotatable bonds is 7. The van der Waals surface area contributed by atoms with Crippen LogP contribution in [0.1, 0.15) is 20.3 Å². The third-order valence-electron chi connectivity index (χ3n) is 4.04. The highest BCUT2D eigenvalue weighted by molar-refractivity contribution is 5.69. The van der Waals surface area contributed by atoms with Gasteiger partial charge in [-0.2, -0.15) is 4.98 Å². The molecule has 3 rings (SSSR count). The molecule has 1 aromatic carbocycles. The maximum absolute atomic E-state index is 5.41. The lowest BCUT2D eigenvalue weighted by Crippen LogP contribution is -2.16. The van der Waals surface area contributed by atoms with Crippen molar-refractivity contribution >= 4 is 17.5 Å². The van der Waals surface area contributed by atoms with Crippen LogP contribution in [-0.2, 0) is 0 Å². The quantitative estimate of drug-likeness (QED) is 0.654. The molecule has 0 aliphatic rings. The van der Waals surface area contributed by atoms with Crippen molar-refractivity contribution in [3.05, 3.63) is 54.9 Å². The van der Waals surface area contributed by atoms with Gasteiger partial charge >= 0.3 is 0 Å². The first-order valence-corrected chi connectivity index (χ1v) is 8.65. The molecule has 0 radical (unpaired) electrons. The average molecular weight is 349 g/mol. The summed E-state index contributed by atoms with van der Waals surface area (Å²) >= 11 is 0. The van der Waals surface area contributed by atoms with Gasteiger partial charge in [0.25, 0.3) is 0 Å². The average Bonchev–Trinajstić information content (AvgIpc) is 2.69. The summed E-state index contributed by atoms with van der Waals surface area (Å²) < 4.78 is 5.41. The summed E-state index contributed by atoms with van der Waals surface area (Å²) in [7, 11) is 1.65. The molecule has 0 amide bonds. The van der Waals surface area contributed by atoms with Crippen molar-refractivity contribution in [2.24, 2.45) is 0 Å². The fraction of sp³-hybridized carbons (Fsp3) is 0.250. The summed E-state index contributed by atoms with van der Waals surface area (Å²) in [4.78, 5) is 13.4.